The van der Waals surface area contributed by atoms with Gasteiger partial charge in [0.25, 0.3) is 0 Å². The molecule has 1 aliphatic carbocycles. The molecule has 33 heavy (non-hydrogen) atoms. The maximum atomic E-state index is 11.7. The van der Waals surface area contributed by atoms with E-state index in [1.165, 1.54) is 42.7 Å². The molecule has 0 spiro atoms. The molecule has 2 aliphatic rings. The lowest BCUT2D eigenvalue weighted by atomic mass is 9.57. The van der Waals surface area contributed by atoms with Crippen LogP contribution in [0.1, 0.15) is 115 Å². The van der Waals surface area contributed by atoms with Crippen molar-refractivity contribution in [2.45, 2.75) is 103 Å². The fourth-order valence-corrected chi connectivity index (χ4v) is 6.70. The van der Waals surface area contributed by atoms with E-state index in [1.807, 2.05) is 0 Å². The number of rotatable bonds is 9. The van der Waals surface area contributed by atoms with Gasteiger partial charge in [-0.2, -0.15) is 4.98 Å². The van der Waals surface area contributed by atoms with E-state index in [0.29, 0.717) is 49.5 Å². The summed E-state index contributed by atoms with van der Waals surface area (Å²) in [6, 6.07) is 0. The minimum Gasteiger partial charge on any atom is -0.550 e. The number of carbonyl (C=O) groups is 1. The van der Waals surface area contributed by atoms with Crippen molar-refractivity contribution in [1.29, 1.82) is 0 Å². The average molecular weight is 483 g/mol. The van der Waals surface area contributed by atoms with E-state index in [2.05, 4.69) is 30.9 Å². The van der Waals surface area contributed by atoms with Crippen molar-refractivity contribution in [2.24, 2.45) is 10.8 Å². The Morgan fingerprint density at radius 3 is 2.39 bits per heavy atom. The van der Waals surface area contributed by atoms with Crippen LogP contribution in [0.5, 0.6) is 0 Å². The van der Waals surface area contributed by atoms with Gasteiger partial charge in [0.1, 0.15) is 0 Å². The molecule has 1 aliphatic heterocycles. The van der Waals surface area contributed by atoms with Gasteiger partial charge in [0.05, 0.1) is 6.26 Å². The molecule has 1 aromatic rings. The molecule has 0 N–H and O–H groups in total. The van der Waals surface area contributed by atoms with Crippen molar-refractivity contribution in [3.63, 3.8) is 0 Å². The Labute approximate surface area is 198 Å². The molecular formula is C24H40N3O5S-. The standard InChI is InChI=1S/C24H41N3O5S/c1-23(2,3)24(12-6-5-7-13-24)14-8-9-19(17-20(28)29)22-25-21(26-32-22)18-10-15-27(16-11-18)33(4,30)31/h18-19H,5-17H2,1-4H3,(H,28,29)/p-1. The van der Waals surface area contributed by atoms with Gasteiger partial charge in [-0.1, -0.05) is 51.6 Å². The van der Waals surface area contributed by atoms with Gasteiger partial charge in [-0.15, -0.1) is 0 Å². The largest absolute Gasteiger partial charge is 0.550 e. The highest BCUT2D eigenvalue weighted by Gasteiger charge is 2.42. The lowest BCUT2D eigenvalue weighted by molar-refractivity contribution is -0.306. The second kappa shape index (κ2) is 10.4. The smallest absolute Gasteiger partial charge is 0.230 e. The molecular weight excluding hydrogens is 442 g/mol. The van der Waals surface area contributed by atoms with Crippen molar-refractivity contribution >= 4 is 16.0 Å². The molecule has 1 unspecified atom stereocenters. The predicted octanol–water partition coefficient (Wildman–Crippen LogP) is 3.60. The van der Waals surface area contributed by atoms with Crippen LogP contribution < -0.4 is 5.11 Å². The maximum Gasteiger partial charge on any atom is 0.230 e. The van der Waals surface area contributed by atoms with E-state index in [0.717, 1.165) is 12.8 Å². The number of aromatic nitrogens is 2. The first-order chi connectivity index (χ1) is 15.4. The van der Waals surface area contributed by atoms with Gasteiger partial charge in [-0.05, 0) is 55.8 Å². The van der Waals surface area contributed by atoms with Gasteiger partial charge in [0, 0.05) is 30.9 Å². The maximum absolute atomic E-state index is 11.7. The van der Waals surface area contributed by atoms with Crippen LogP contribution in [-0.4, -0.2) is 48.2 Å². The molecule has 8 nitrogen and oxygen atoms in total. The topological polar surface area (TPSA) is 116 Å². The number of carboxylic acid groups (broad SMARTS) is 1. The highest BCUT2D eigenvalue weighted by atomic mass is 32.2. The SMILES string of the molecule is CC(C)(C)C1(CCCC(CC(=O)[O-])c2nc(C3CCN(S(C)(=O)=O)CC3)no2)CCCCC1. The van der Waals surface area contributed by atoms with E-state index in [-0.39, 0.29) is 23.7 Å². The van der Waals surface area contributed by atoms with Crippen molar-refractivity contribution in [3.8, 4) is 0 Å². The number of piperidine rings is 1. The Bertz CT molecular complexity index is 891. The van der Waals surface area contributed by atoms with Crippen LogP contribution in [0.25, 0.3) is 0 Å². The molecule has 1 aromatic heterocycles. The average Bonchev–Trinajstić information content (AvgIpc) is 3.22. The molecule has 0 amide bonds. The van der Waals surface area contributed by atoms with Gasteiger partial charge in [-0.3, -0.25) is 0 Å². The summed E-state index contributed by atoms with van der Waals surface area (Å²) >= 11 is 0. The molecule has 1 saturated heterocycles. The quantitative estimate of drug-likeness (QED) is 0.528. The van der Waals surface area contributed by atoms with Gasteiger partial charge in [0.15, 0.2) is 5.82 Å². The third kappa shape index (κ3) is 6.56. The first kappa shape index (κ1) is 26.1. The highest BCUT2D eigenvalue weighted by molar-refractivity contribution is 7.88. The van der Waals surface area contributed by atoms with Crippen LogP contribution >= 0.6 is 0 Å². The zero-order valence-electron chi connectivity index (χ0n) is 20.6. The summed E-state index contributed by atoms with van der Waals surface area (Å²) in [7, 11) is -3.19. The highest BCUT2D eigenvalue weighted by Crippen LogP contribution is 2.53. The van der Waals surface area contributed by atoms with Gasteiger partial charge >= 0.3 is 0 Å². The third-order valence-corrected chi connectivity index (χ3v) is 9.42. The second-order valence-electron chi connectivity index (χ2n) is 11.2. The summed E-state index contributed by atoms with van der Waals surface area (Å²) in [6.45, 7) is 7.86. The molecule has 1 saturated carbocycles. The molecule has 3 rings (SSSR count). The number of hydrogen-bond donors (Lipinski definition) is 0. The van der Waals surface area contributed by atoms with E-state index in [9.17, 15) is 18.3 Å². The summed E-state index contributed by atoms with van der Waals surface area (Å²) in [5.41, 5.74) is 0.515. The Balaban J connectivity index is 1.64. The summed E-state index contributed by atoms with van der Waals surface area (Å²) in [5.74, 6) is -0.513. The van der Waals surface area contributed by atoms with Crippen LogP contribution in [0, 0.1) is 10.8 Å². The van der Waals surface area contributed by atoms with Crippen LogP contribution in [0.2, 0.25) is 0 Å². The van der Waals surface area contributed by atoms with E-state index < -0.39 is 16.0 Å². The summed E-state index contributed by atoms with van der Waals surface area (Å²) in [4.78, 5) is 16.0. The summed E-state index contributed by atoms with van der Waals surface area (Å²) < 4.78 is 30.5. The van der Waals surface area contributed by atoms with E-state index >= 15 is 0 Å². The molecule has 1 atom stereocenters. The predicted molar refractivity (Wildman–Crippen MR) is 124 cm³/mol. The Morgan fingerprint density at radius 2 is 1.85 bits per heavy atom. The first-order valence-electron chi connectivity index (χ1n) is 12.4. The van der Waals surface area contributed by atoms with Gasteiger partial charge in [0.2, 0.25) is 15.9 Å². The van der Waals surface area contributed by atoms with Crippen LogP contribution in [0.4, 0.5) is 0 Å². The lowest BCUT2D eigenvalue weighted by Gasteiger charge is -2.48. The number of hydrogen-bond acceptors (Lipinski definition) is 7. The fourth-order valence-electron chi connectivity index (χ4n) is 5.83. The van der Waals surface area contributed by atoms with Gasteiger partial charge < -0.3 is 14.4 Å². The normalized spacial score (nSPS) is 21.7. The summed E-state index contributed by atoms with van der Waals surface area (Å²) in [6.07, 6.45) is 11.3. The Kier molecular flexibility index (Phi) is 8.25. The van der Waals surface area contributed by atoms with Crippen molar-refractivity contribution < 1.29 is 22.8 Å². The number of carbonyl (C=O) groups excluding carboxylic acids is 1. The minimum absolute atomic E-state index is 0.0236. The minimum atomic E-state index is -3.19. The van der Waals surface area contributed by atoms with E-state index in [1.54, 1.807) is 0 Å². The van der Waals surface area contributed by atoms with E-state index in [4.69, 9.17) is 4.52 Å². The third-order valence-electron chi connectivity index (χ3n) is 8.12. The molecule has 0 aromatic carbocycles. The monoisotopic (exact) mass is 482 g/mol. The Morgan fingerprint density at radius 1 is 1.21 bits per heavy atom. The Hall–Kier alpha value is -1.48. The molecule has 188 valence electrons. The van der Waals surface area contributed by atoms with Crippen LogP contribution in [0.3, 0.4) is 0 Å². The molecule has 0 radical (unpaired) electrons. The number of aliphatic carboxylic acids is 1. The fraction of sp³-hybridized carbons (Fsp3) is 0.875. The number of carboxylic acids is 1. The molecule has 9 heteroatoms. The van der Waals surface area contributed by atoms with Crippen LogP contribution in [0.15, 0.2) is 4.52 Å². The summed E-state index contributed by atoms with van der Waals surface area (Å²) in [5, 5.41) is 15.6. The lowest BCUT2D eigenvalue weighted by Crippen LogP contribution is -2.37. The number of nitrogens with zero attached hydrogens (tertiary/aromatic N) is 3. The zero-order chi connectivity index (χ0) is 24.3. The van der Waals surface area contributed by atoms with Gasteiger partial charge in [-0.25, -0.2) is 12.7 Å². The molecule has 2 fully saturated rings. The van der Waals surface area contributed by atoms with Crippen molar-refractivity contribution in [1.82, 2.24) is 14.4 Å². The molecule has 0 bridgehead atoms. The zero-order valence-corrected chi connectivity index (χ0v) is 21.5. The molecule has 2 heterocycles. The number of sulfonamides is 1. The van der Waals surface area contributed by atoms with Crippen molar-refractivity contribution in [3.05, 3.63) is 11.7 Å². The van der Waals surface area contributed by atoms with Crippen LogP contribution in [-0.2, 0) is 14.8 Å². The van der Waals surface area contributed by atoms with Crippen molar-refractivity contribution in [2.75, 3.05) is 19.3 Å². The second-order valence-corrected chi connectivity index (χ2v) is 13.2. The first-order valence-corrected chi connectivity index (χ1v) is 14.2.